The molecule has 2 aromatic rings. The summed E-state index contributed by atoms with van der Waals surface area (Å²) in [6.45, 7) is 0. The van der Waals surface area contributed by atoms with Gasteiger partial charge in [0.25, 0.3) is 0 Å². The van der Waals surface area contributed by atoms with Gasteiger partial charge in [-0.15, -0.1) is 0 Å². The molecule has 0 amide bonds. The zero-order chi connectivity index (χ0) is 7.68. The van der Waals surface area contributed by atoms with Gasteiger partial charge in [-0.25, -0.2) is 4.98 Å². The van der Waals surface area contributed by atoms with Crippen LogP contribution in [-0.4, -0.2) is 9.97 Å². The van der Waals surface area contributed by atoms with Gasteiger partial charge in [0.1, 0.15) is 11.8 Å². The highest BCUT2D eigenvalue weighted by molar-refractivity contribution is 5.78. The van der Waals surface area contributed by atoms with Crippen LogP contribution in [0.15, 0.2) is 24.5 Å². The molecule has 1 N–H and O–H groups in total. The van der Waals surface area contributed by atoms with E-state index in [4.69, 9.17) is 5.26 Å². The third-order valence-corrected chi connectivity index (χ3v) is 1.55. The summed E-state index contributed by atoms with van der Waals surface area (Å²) in [5, 5.41) is 9.54. The Balaban J connectivity index is 2.79. The van der Waals surface area contributed by atoms with Crippen LogP contribution in [-0.2, 0) is 0 Å². The molecule has 0 saturated heterocycles. The lowest BCUT2D eigenvalue weighted by Crippen LogP contribution is -1.79. The minimum atomic E-state index is 0.444. The molecule has 0 aliphatic carbocycles. The fourth-order valence-corrected chi connectivity index (χ4v) is 1.01. The summed E-state index contributed by atoms with van der Waals surface area (Å²) >= 11 is 0. The standard InChI is InChI=1S/C8H5N3/c9-4-7-3-8-6(5-11-7)1-2-10-8/h1-3,5,10H. The number of aromatic nitrogens is 2. The van der Waals surface area contributed by atoms with E-state index in [9.17, 15) is 0 Å². The van der Waals surface area contributed by atoms with Gasteiger partial charge in [0.05, 0.1) is 0 Å². The van der Waals surface area contributed by atoms with E-state index in [2.05, 4.69) is 9.97 Å². The van der Waals surface area contributed by atoms with E-state index in [1.165, 1.54) is 0 Å². The van der Waals surface area contributed by atoms with Gasteiger partial charge in [-0.05, 0) is 12.1 Å². The van der Waals surface area contributed by atoms with Crippen molar-refractivity contribution in [3.05, 3.63) is 30.2 Å². The highest BCUT2D eigenvalue weighted by Gasteiger charge is 1.95. The summed E-state index contributed by atoms with van der Waals surface area (Å²) in [4.78, 5) is 6.92. The van der Waals surface area contributed by atoms with E-state index in [-0.39, 0.29) is 0 Å². The van der Waals surface area contributed by atoms with Gasteiger partial charge in [0, 0.05) is 23.3 Å². The predicted octanol–water partition coefficient (Wildman–Crippen LogP) is 1.43. The van der Waals surface area contributed by atoms with Crippen LogP contribution in [0, 0.1) is 11.3 Å². The van der Waals surface area contributed by atoms with Crippen molar-refractivity contribution in [3.8, 4) is 6.07 Å². The lowest BCUT2D eigenvalue weighted by molar-refractivity contribution is 1.29. The molecule has 2 aromatic heterocycles. The second-order valence-corrected chi connectivity index (χ2v) is 2.25. The average molecular weight is 143 g/mol. The van der Waals surface area contributed by atoms with Gasteiger partial charge in [0.2, 0.25) is 0 Å². The van der Waals surface area contributed by atoms with E-state index >= 15 is 0 Å². The lowest BCUT2D eigenvalue weighted by Gasteiger charge is -1.87. The first-order valence-electron chi connectivity index (χ1n) is 3.23. The average Bonchev–Trinajstić information content (AvgIpc) is 2.50. The number of nitrogens with one attached hydrogen (secondary N) is 1. The summed E-state index contributed by atoms with van der Waals surface area (Å²) in [7, 11) is 0. The zero-order valence-corrected chi connectivity index (χ0v) is 5.70. The number of hydrogen-bond acceptors (Lipinski definition) is 2. The summed E-state index contributed by atoms with van der Waals surface area (Å²) in [5.41, 5.74) is 1.40. The number of hydrogen-bond donors (Lipinski definition) is 1. The summed E-state index contributed by atoms with van der Waals surface area (Å²) in [5.74, 6) is 0. The number of H-pyrrole nitrogens is 1. The maximum Gasteiger partial charge on any atom is 0.142 e. The smallest absolute Gasteiger partial charge is 0.142 e. The molecule has 0 unspecified atom stereocenters. The fraction of sp³-hybridized carbons (Fsp3) is 0. The summed E-state index contributed by atoms with van der Waals surface area (Å²) in [6, 6.07) is 5.63. The maximum atomic E-state index is 8.51. The van der Waals surface area contributed by atoms with Crippen molar-refractivity contribution >= 4 is 10.9 Å². The lowest BCUT2D eigenvalue weighted by atomic mass is 10.3. The third kappa shape index (κ3) is 0.849. The molecule has 3 nitrogen and oxygen atoms in total. The molecule has 52 valence electrons. The van der Waals surface area contributed by atoms with Gasteiger partial charge in [-0.1, -0.05) is 0 Å². The maximum absolute atomic E-state index is 8.51. The topological polar surface area (TPSA) is 52.5 Å². The quantitative estimate of drug-likeness (QED) is 0.606. The van der Waals surface area contributed by atoms with Gasteiger partial charge >= 0.3 is 0 Å². The van der Waals surface area contributed by atoms with E-state index in [0.717, 1.165) is 10.9 Å². The number of rotatable bonds is 0. The molecule has 3 heteroatoms. The van der Waals surface area contributed by atoms with E-state index in [1.807, 2.05) is 18.3 Å². The molecular weight excluding hydrogens is 138 g/mol. The van der Waals surface area contributed by atoms with E-state index in [1.54, 1.807) is 12.3 Å². The highest BCUT2D eigenvalue weighted by Crippen LogP contribution is 2.10. The minimum Gasteiger partial charge on any atom is -0.361 e. The third-order valence-electron chi connectivity index (χ3n) is 1.55. The van der Waals surface area contributed by atoms with Crippen LogP contribution in [0.5, 0.6) is 0 Å². The Labute approximate surface area is 63.3 Å². The number of pyridine rings is 1. The van der Waals surface area contributed by atoms with Crippen LogP contribution in [0.4, 0.5) is 0 Å². The molecule has 11 heavy (non-hydrogen) atoms. The molecule has 0 aliphatic rings. The Morgan fingerprint density at radius 1 is 1.55 bits per heavy atom. The van der Waals surface area contributed by atoms with Crippen molar-refractivity contribution < 1.29 is 0 Å². The number of nitriles is 1. The second-order valence-electron chi connectivity index (χ2n) is 2.25. The molecule has 0 aromatic carbocycles. The van der Waals surface area contributed by atoms with Crippen LogP contribution < -0.4 is 0 Å². The van der Waals surface area contributed by atoms with Gasteiger partial charge in [-0.3, -0.25) is 0 Å². The molecule has 0 saturated carbocycles. The Bertz CT molecular complexity index is 422. The Kier molecular flexibility index (Phi) is 1.13. The molecule has 2 rings (SSSR count). The molecule has 0 spiro atoms. The number of fused-ring (bicyclic) bond motifs is 1. The fourth-order valence-electron chi connectivity index (χ4n) is 1.01. The molecule has 0 aliphatic heterocycles. The van der Waals surface area contributed by atoms with Crippen molar-refractivity contribution in [1.82, 2.24) is 9.97 Å². The van der Waals surface area contributed by atoms with E-state index < -0.39 is 0 Å². The van der Waals surface area contributed by atoms with Crippen LogP contribution in [0.25, 0.3) is 10.9 Å². The van der Waals surface area contributed by atoms with Gasteiger partial charge in [0.15, 0.2) is 0 Å². The van der Waals surface area contributed by atoms with Crippen LogP contribution in [0.1, 0.15) is 5.69 Å². The normalized spacial score (nSPS) is 9.73. The first kappa shape index (κ1) is 5.93. The number of aromatic amines is 1. The Morgan fingerprint density at radius 2 is 2.45 bits per heavy atom. The minimum absolute atomic E-state index is 0.444. The first-order valence-corrected chi connectivity index (χ1v) is 3.23. The molecule has 0 fully saturated rings. The largest absolute Gasteiger partial charge is 0.361 e. The van der Waals surface area contributed by atoms with Crippen LogP contribution in [0.3, 0.4) is 0 Å². The van der Waals surface area contributed by atoms with Crippen molar-refractivity contribution in [1.29, 1.82) is 5.26 Å². The number of nitrogens with zero attached hydrogens (tertiary/aromatic N) is 2. The van der Waals surface area contributed by atoms with E-state index in [0.29, 0.717) is 5.69 Å². The molecule has 0 radical (unpaired) electrons. The van der Waals surface area contributed by atoms with Crippen LogP contribution in [0.2, 0.25) is 0 Å². The van der Waals surface area contributed by atoms with Crippen molar-refractivity contribution in [2.45, 2.75) is 0 Å². The van der Waals surface area contributed by atoms with Crippen molar-refractivity contribution in [2.24, 2.45) is 0 Å². The zero-order valence-electron chi connectivity index (χ0n) is 5.70. The summed E-state index contributed by atoms with van der Waals surface area (Å²) < 4.78 is 0. The highest BCUT2D eigenvalue weighted by atomic mass is 14.7. The molecule has 0 bridgehead atoms. The Hall–Kier alpha value is -1.82. The second kappa shape index (κ2) is 2.10. The predicted molar refractivity (Wildman–Crippen MR) is 40.8 cm³/mol. The van der Waals surface area contributed by atoms with Crippen molar-refractivity contribution in [3.63, 3.8) is 0 Å². The van der Waals surface area contributed by atoms with Gasteiger partial charge in [-0.2, -0.15) is 5.26 Å². The first-order chi connectivity index (χ1) is 5.40. The Morgan fingerprint density at radius 3 is 3.27 bits per heavy atom. The van der Waals surface area contributed by atoms with Crippen LogP contribution >= 0.6 is 0 Å². The summed E-state index contributed by atoms with van der Waals surface area (Å²) in [6.07, 6.45) is 3.51. The van der Waals surface area contributed by atoms with Crippen molar-refractivity contribution in [2.75, 3.05) is 0 Å². The molecule has 2 heterocycles. The monoisotopic (exact) mass is 143 g/mol. The molecular formula is C8H5N3. The van der Waals surface area contributed by atoms with Gasteiger partial charge < -0.3 is 4.98 Å². The SMILES string of the molecule is N#Cc1cc2[nH]ccc2cn1. The molecule has 0 atom stereocenters.